The number of aromatic nitrogens is 2. The molecule has 0 unspecified atom stereocenters. The predicted molar refractivity (Wildman–Crippen MR) is 126 cm³/mol. The highest BCUT2D eigenvalue weighted by atomic mass is 79.9. The van der Waals surface area contributed by atoms with Crippen molar-refractivity contribution in [2.75, 3.05) is 5.32 Å². The van der Waals surface area contributed by atoms with Crippen LogP contribution in [0.1, 0.15) is 35.7 Å². The van der Waals surface area contributed by atoms with Crippen LogP contribution in [0.4, 0.5) is 5.69 Å². The lowest BCUT2D eigenvalue weighted by Crippen LogP contribution is -2.13. The first-order valence-corrected chi connectivity index (χ1v) is 10.8. The van der Waals surface area contributed by atoms with Crippen molar-refractivity contribution in [1.82, 2.24) is 9.97 Å². The number of aryl methyl sites for hydroxylation is 1. The van der Waals surface area contributed by atoms with Gasteiger partial charge in [0.15, 0.2) is 0 Å². The number of carbonyl (C=O) groups excluding carboxylic acids is 1. The molecule has 0 aliphatic rings. The molecule has 2 aromatic carbocycles. The van der Waals surface area contributed by atoms with Crippen LogP contribution in [0, 0.1) is 0 Å². The highest BCUT2D eigenvalue weighted by Crippen LogP contribution is 2.28. The maximum absolute atomic E-state index is 13.1. The average Bonchev–Trinajstić information content (AvgIpc) is 2.78. The number of fused-ring (bicyclic) bond motifs is 1. The van der Waals surface area contributed by atoms with E-state index in [4.69, 9.17) is 4.98 Å². The van der Waals surface area contributed by atoms with Gasteiger partial charge in [-0.1, -0.05) is 53.5 Å². The first kappa shape index (κ1) is 20.2. The SMILES string of the molecule is CCCCc1ccc(-c2cc(C(=O)Nc3cccnc3)c3cc(Br)ccc3n2)cc1. The van der Waals surface area contributed by atoms with Gasteiger partial charge in [0.25, 0.3) is 5.91 Å². The molecular formula is C25H22BrN3O. The first-order valence-electron chi connectivity index (χ1n) is 10.0. The lowest BCUT2D eigenvalue weighted by Gasteiger charge is -2.11. The second-order valence-electron chi connectivity index (χ2n) is 7.21. The Balaban J connectivity index is 1.75. The van der Waals surface area contributed by atoms with Crippen molar-refractivity contribution in [3.63, 3.8) is 0 Å². The zero-order valence-corrected chi connectivity index (χ0v) is 18.3. The van der Waals surface area contributed by atoms with E-state index in [1.165, 1.54) is 18.4 Å². The topological polar surface area (TPSA) is 54.9 Å². The van der Waals surface area contributed by atoms with E-state index < -0.39 is 0 Å². The molecule has 0 aliphatic heterocycles. The summed E-state index contributed by atoms with van der Waals surface area (Å²) in [5, 5.41) is 3.74. The van der Waals surface area contributed by atoms with Gasteiger partial charge in [-0.25, -0.2) is 4.98 Å². The van der Waals surface area contributed by atoms with Gasteiger partial charge >= 0.3 is 0 Å². The van der Waals surface area contributed by atoms with E-state index in [1.807, 2.05) is 30.3 Å². The van der Waals surface area contributed by atoms with Gasteiger partial charge in [-0.3, -0.25) is 9.78 Å². The van der Waals surface area contributed by atoms with Crippen LogP contribution >= 0.6 is 15.9 Å². The van der Waals surface area contributed by atoms with Gasteiger partial charge in [-0.15, -0.1) is 0 Å². The van der Waals surface area contributed by atoms with Gasteiger partial charge < -0.3 is 5.32 Å². The second kappa shape index (κ2) is 9.18. The molecule has 2 heterocycles. The lowest BCUT2D eigenvalue weighted by atomic mass is 10.0. The van der Waals surface area contributed by atoms with E-state index in [9.17, 15) is 4.79 Å². The molecule has 0 spiro atoms. The summed E-state index contributed by atoms with van der Waals surface area (Å²) in [5.41, 5.74) is 5.11. The van der Waals surface area contributed by atoms with Crippen LogP contribution in [-0.2, 0) is 6.42 Å². The molecule has 0 saturated carbocycles. The summed E-state index contributed by atoms with van der Waals surface area (Å²) in [5.74, 6) is -0.186. The number of hydrogen-bond acceptors (Lipinski definition) is 3. The lowest BCUT2D eigenvalue weighted by molar-refractivity contribution is 0.102. The minimum Gasteiger partial charge on any atom is -0.321 e. The van der Waals surface area contributed by atoms with Crippen LogP contribution < -0.4 is 5.32 Å². The highest BCUT2D eigenvalue weighted by molar-refractivity contribution is 9.10. The van der Waals surface area contributed by atoms with Crippen molar-refractivity contribution in [3.05, 3.63) is 88.7 Å². The Morgan fingerprint density at radius 2 is 1.90 bits per heavy atom. The summed E-state index contributed by atoms with van der Waals surface area (Å²) in [7, 11) is 0. The van der Waals surface area contributed by atoms with Crippen molar-refractivity contribution in [1.29, 1.82) is 0 Å². The third-order valence-electron chi connectivity index (χ3n) is 5.00. The smallest absolute Gasteiger partial charge is 0.256 e. The minimum absolute atomic E-state index is 0.186. The summed E-state index contributed by atoms with van der Waals surface area (Å²) in [4.78, 5) is 22.0. The molecule has 0 bridgehead atoms. The van der Waals surface area contributed by atoms with Crippen molar-refractivity contribution >= 4 is 38.4 Å². The van der Waals surface area contributed by atoms with Crippen molar-refractivity contribution < 1.29 is 4.79 Å². The summed E-state index contributed by atoms with van der Waals surface area (Å²) in [6.07, 6.45) is 6.75. The number of nitrogens with one attached hydrogen (secondary N) is 1. The van der Waals surface area contributed by atoms with Crippen molar-refractivity contribution in [3.8, 4) is 11.3 Å². The summed E-state index contributed by atoms with van der Waals surface area (Å²) < 4.78 is 0.903. The van der Waals surface area contributed by atoms with E-state index in [0.717, 1.165) is 33.1 Å². The number of pyridine rings is 2. The van der Waals surface area contributed by atoms with Crippen LogP contribution in [0.2, 0.25) is 0 Å². The van der Waals surface area contributed by atoms with E-state index >= 15 is 0 Å². The van der Waals surface area contributed by atoms with E-state index in [1.54, 1.807) is 18.5 Å². The van der Waals surface area contributed by atoms with Gasteiger partial charge in [-0.05, 0) is 54.8 Å². The zero-order valence-electron chi connectivity index (χ0n) is 16.7. The van der Waals surface area contributed by atoms with E-state index in [0.29, 0.717) is 11.3 Å². The standard InChI is InChI=1S/C25H22BrN3O/c1-2-3-5-17-7-9-18(10-8-17)24-15-22(21-14-19(26)11-12-23(21)29-24)25(30)28-20-6-4-13-27-16-20/h4,6-16H,2-3,5H2,1H3,(H,28,30). The number of hydrogen-bond donors (Lipinski definition) is 1. The number of carbonyl (C=O) groups is 1. The Morgan fingerprint density at radius 3 is 2.63 bits per heavy atom. The molecule has 4 rings (SSSR count). The maximum Gasteiger partial charge on any atom is 0.256 e. The van der Waals surface area contributed by atoms with Crippen molar-refractivity contribution in [2.45, 2.75) is 26.2 Å². The first-order chi connectivity index (χ1) is 14.6. The maximum atomic E-state index is 13.1. The molecule has 0 aliphatic carbocycles. The number of unbranched alkanes of at least 4 members (excludes halogenated alkanes) is 1. The number of amides is 1. The van der Waals surface area contributed by atoms with Gasteiger partial charge in [0.2, 0.25) is 0 Å². The van der Waals surface area contributed by atoms with E-state index in [2.05, 4.69) is 57.4 Å². The van der Waals surface area contributed by atoms with E-state index in [-0.39, 0.29) is 5.91 Å². The molecule has 30 heavy (non-hydrogen) atoms. The second-order valence-corrected chi connectivity index (χ2v) is 8.13. The molecule has 1 N–H and O–H groups in total. The Hall–Kier alpha value is -3.05. The molecule has 0 fully saturated rings. The predicted octanol–water partition coefficient (Wildman–Crippen LogP) is 6.65. The Labute approximate surface area is 184 Å². The number of anilines is 1. The molecule has 4 aromatic rings. The van der Waals surface area contributed by atoms with Gasteiger partial charge in [0.1, 0.15) is 0 Å². The van der Waals surface area contributed by atoms with Gasteiger partial charge in [0, 0.05) is 21.6 Å². The molecule has 1 amide bonds. The zero-order chi connectivity index (χ0) is 20.9. The molecule has 0 atom stereocenters. The van der Waals surface area contributed by atoms with Crippen LogP contribution in [0.3, 0.4) is 0 Å². The highest BCUT2D eigenvalue weighted by Gasteiger charge is 2.15. The molecular weight excluding hydrogens is 438 g/mol. The largest absolute Gasteiger partial charge is 0.321 e. The van der Waals surface area contributed by atoms with Crippen LogP contribution in [-0.4, -0.2) is 15.9 Å². The van der Waals surface area contributed by atoms with Crippen LogP contribution in [0.15, 0.2) is 77.5 Å². The summed E-state index contributed by atoms with van der Waals surface area (Å²) in [6.45, 7) is 2.20. The average molecular weight is 460 g/mol. The fourth-order valence-corrected chi connectivity index (χ4v) is 3.75. The quantitative estimate of drug-likeness (QED) is 0.350. The van der Waals surface area contributed by atoms with Gasteiger partial charge in [-0.2, -0.15) is 0 Å². The van der Waals surface area contributed by atoms with Crippen molar-refractivity contribution in [2.24, 2.45) is 0 Å². The number of benzene rings is 2. The fourth-order valence-electron chi connectivity index (χ4n) is 3.39. The number of nitrogens with zero attached hydrogens (tertiary/aromatic N) is 2. The normalized spacial score (nSPS) is 10.9. The Kier molecular flexibility index (Phi) is 6.19. The Bertz CT molecular complexity index is 1170. The third-order valence-corrected chi connectivity index (χ3v) is 5.50. The molecule has 4 nitrogen and oxygen atoms in total. The fraction of sp³-hybridized carbons (Fsp3) is 0.160. The van der Waals surface area contributed by atoms with Crippen LogP contribution in [0.25, 0.3) is 22.2 Å². The van der Waals surface area contributed by atoms with Gasteiger partial charge in [0.05, 0.1) is 28.7 Å². The molecule has 150 valence electrons. The van der Waals surface area contributed by atoms with Crippen LogP contribution in [0.5, 0.6) is 0 Å². The molecule has 5 heteroatoms. The molecule has 2 aromatic heterocycles. The molecule has 0 saturated heterocycles. The summed E-state index contributed by atoms with van der Waals surface area (Å²) >= 11 is 3.51. The minimum atomic E-state index is -0.186. The monoisotopic (exact) mass is 459 g/mol. The summed E-state index contributed by atoms with van der Waals surface area (Å²) in [6, 6.07) is 19.7. The molecule has 0 radical (unpaired) electrons. The number of halogens is 1. The number of rotatable bonds is 6. The third kappa shape index (κ3) is 4.57. The Morgan fingerprint density at radius 1 is 1.07 bits per heavy atom.